The van der Waals surface area contributed by atoms with Gasteiger partial charge in [-0.15, -0.1) is 0 Å². The molecule has 2 amide bonds. The average molecular weight is 331 g/mol. The zero-order valence-corrected chi connectivity index (χ0v) is 13.1. The molecule has 1 fully saturated rings. The molecule has 3 rings (SSSR count). The van der Waals surface area contributed by atoms with Crippen molar-refractivity contribution in [3.05, 3.63) is 48.5 Å². The maximum absolute atomic E-state index is 11.9. The summed E-state index contributed by atoms with van der Waals surface area (Å²) in [6.45, 7) is 1.14. The van der Waals surface area contributed by atoms with E-state index in [0.29, 0.717) is 18.8 Å². The van der Waals surface area contributed by atoms with E-state index < -0.39 is 12.2 Å². The number of anilines is 1. The fraction of sp³-hybridized carbons (Fsp3) is 0.375. The molecule has 3 atom stereocenters. The topological polar surface area (TPSA) is 111 Å². The quantitative estimate of drug-likeness (QED) is 0.528. The maximum atomic E-state index is 11.9. The third-order valence-corrected chi connectivity index (χ3v) is 3.87. The molecule has 2 heterocycles. The minimum atomic E-state index is -0.697. The summed E-state index contributed by atoms with van der Waals surface area (Å²) in [7, 11) is 0. The van der Waals surface area contributed by atoms with Gasteiger partial charge in [0.15, 0.2) is 0 Å². The van der Waals surface area contributed by atoms with E-state index in [1.165, 1.54) is 0 Å². The Morgan fingerprint density at radius 2 is 2.21 bits per heavy atom. The Labute approximate surface area is 139 Å². The van der Waals surface area contributed by atoms with Crippen molar-refractivity contribution >= 4 is 11.7 Å². The summed E-state index contributed by atoms with van der Waals surface area (Å²) >= 11 is 0. The van der Waals surface area contributed by atoms with E-state index in [1.807, 2.05) is 18.2 Å². The highest BCUT2D eigenvalue weighted by molar-refractivity contribution is 5.89. The van der Waals surface area contributed by atoms with Crippen LogP contribution in [0.1, 0.15) is 5.82 Å². The van der Waals surface area contributed by atoms with Crippen LogP contribution < -0.4 is 16.0 Å². The van der Waals surface area contributed by atoms with Gasteiger partial charge in [-0.1, -0.05) is 18.2 Å². The molecule has 1 aromatic carbocycles. The monoisotopic (exact) mass is 331 g/mol. The second-order valence-electron chi connectivity index (χ2n) is 5.59. The van der Waals surface area contributed by atoms with E-state index in [9.17, 15) is 9.90 Å². The van der Waals surface area contributed by atoms with Crippen molar-refractivity contribution in [1.82, 2.24) is 20.6 Å². The number of ether oxygens (including phenoxy) is 1. The number of nitrogens with zero attached hydrogens (tertiary/aromatic N) is 1. The number of benzene rings is 1. The molecular weight excluding hydrogens is 310 g/mol. The molecule has 1 aromatic heterocycles. The molecule has 8 heteroatoms. The third kappa shape index (κ3) is 4.31. The second kappa shape index (κ2) is 7.91. The number of aromatic amines is 1. The van der Waals surface area contributed by atoms with Gasteiger partial charge in [-0.2, -0.15) is 0 Å². The number of nitrogens with one attached hydrogen (secondary N) is 4. The van der Waals surface area contributed by atoms with Crippen LogP contribution in [-0.4, -0.2) is 52.5 Å². The van der Waals surface area contributed by atoms with Gasteiger partial charge in [0.05, 0.1) is 25.3 Å². The number of aliphatic hydroxyl groups is 1. The molecule has 5 N–H and O–H groups in total. The zero-order valence-electron chi connectivity index (χ0n) is 13.1. The van der Waals surface area contributed by atoms with Crippen LogP contribution in [0.25, 0.3) is 0 Å². The van der Waals surface area contributed by atoms with Crippen LogP contribution >= 0.6 is 0 Å². The zero-order chi connectivity index (χ0) is 16.8. The van der Waals surface area contributed by atoms with E-state index in [4.69, 9.17) is 4.74 Å². The van der Waals surface area contributed by atoms with Crippen LogP contribution in [0.3, 0.4) is 0 Å². The molecule has 0 saturated carbocycles. The smallest absolute Gasteiger partial charge is 0.319 e. The van der Waals surface area contributed by atoms with Crippen LogP contribution in [0.2, 0.25) is 0 Å². The molecule has 1 aliphatic rings. The number of aromatic nitrogens is 2. The maximum Gasteiger partial charge on any atom is 0.319 e. The molecule has 0 bridgehead atoms. The number of imidazole rings is 1. The molecule has 3 unspecified atom stereocenters. The van der Waals surface area contributed by atoms with Gasteiger partial charge in [0.1, 0.15) is 11.9 Å². The number of rotatable bonds is 6. The van der Waals surface area contributed by atoms with Crippen molar-refractivity contribution in [2.24, 2.45) is 0 Å². The van der Waals surface area contributed by atoms with Gasteiger partial charge in [0.2, 0.25) is 0 Å². The number of aliphatic hydroxyl groups excluding tert-OH is 1. The van der Waals surface area contributed by atoms with Gasteiger partial charge in [0.25, 0.3) is 0 Å². The van der Waals surface area contributed by atoms with Gasteiger partial charge >= 0.3 is 6.03 Å². The Kier molecular flexibility index (Phi) is 5.42. The van der Waals surface area contributed by atoms with Crippen LogP contribution in [0.5, 0.6) is 0 Å². The highest BCUT2D eigenvalue weighted by Crippen LogP contribution is 2.14. The molecule has 0 spiro atoms. The molecule has 2 aromatic rings. The summed E-state index contributed by atoms with van der Waals surface area (Å²) in [5.41, 5.74) is 0.709. The van der Waals surface area contributed by atoms with E-state index in [1.54, 1.807) is 24.5 Å². The summed E-state index contributed by atoms with van der Waals surface area (Å²) in [5, 5.41) is 18.9. The highest BCUT2D eigenvalue weighted by Gasteiger charge is 2.35. The summed E-state index contributed by atoms with van der Waals surface area (Å²) in [4.78, 5) is 19.0. The first-order valence-electron chi connectivity index (χ1n) is 7.83. The van der Waals surface area contributed by atoms with Crippen LogP contribution in [-0.2, 0) is 11.3 Å². The van der Waals surface area contributed by atoms with Gasteiger partial charge in [-0.05, 0) is 12.1 Å². The molecular formula is C16H21N5O3. The molecule has 0 radical (unpaired) electrons. The number of para-hydroxylation sites is 1. The first-order valence-corrected chi connectivity index (χ1v) is 7.83. The predicted molar refractivity (Wildman–Crippen MR) is 88.4 cm³/mol. The van der Waals surface area contributed by atoms with E-state index >= 15 is 0 Å². The third-order valence-electron chi connectivity index (χ3n) is 3.87. The molecule has 1 aliphatic heterocycles. The molecule has 24 heavy (non-hydrogen) atoms. The predicted octanol–water partition coefficient (Wildman–Crippen LogP) is 0.449. The number of urea groups is 1. The summed E-state index contributed by atoms with van der Waals surface area (Å²) in [6, 6.07) is 8.64. The molecule has 0 aliphatic carbocycles. The summed E-state index contributed by atoms with van der Waals surface area (Å²) in [5.74, 6) is 0.797. The standard InChI is InChI=1S/C16H21N5O3/c22-15-12(19-9-14-17-6-7-18-14)10-24-13(15)8-20-16(23)21-11-4-2-1-3-5-11/h1-7,12-13,15,19,22H,8-10H2,(H,17,18)(H2,20,21,23). The van der Waals surface area contributed by atoms with E-state index in [-0.39, 0.29) is 18.6 Å². The number of amides is 2. The minimum Gasteiger partial charge on any atom is -0.389 e. The SMILES string of the molecule is O=C(NCC1OCC(NCc2ncc[nH]2)C1O)Nc1ccccc1. The van der Waals surface area contributed by atoms with Gasteiger partial charge in [-0.3, -0.25) is 0 Å². The lowest BCUT2D eigenvalue weighted by Gasteiger charge is -2.18. The van der Waals surface area contributed by atoms with E-state index in [2.05, 4.69) is 25.9 Å². The Morgan fingerprint density at radius 3 is 2.96 bits per heavy atom. The van der Waals surface area contributed by atoms with E-state index in [0.717, 1.165) is 5.82 Å². The lowest BCUT2D eigenvalue weighted by molar-refractivity contribution is 0.0428. The first-order chi connectivity index (χ1) is 11.7. The Hall–Kier alpha value is -2.42. The van der Waals surface area contributed by atoms with Crippen LogP contribution in [0.4, 0.5) is 10.5 Å². The van der Waals surface area contributed by atoms with Crippen molar-refractivity contribution in [2.75, 3.05) is 18.5 Å². The summed E-state index contributed by atoms with van der Waals surface area (Å²) in [6.07, 6.45) is 2.28. The fourth-order valence-electron chi connectivity index (χ4n) is 2.56. The number of carbonyl (C=O) groups excluding carboxylic acids is 1. The Morgan fingerprint density at radius 1 is 1.38 bits per heavy atom. The lowest BCUT2D eigenvalue weighted by Crippen LogP contribution is -2.45. The van der Waals surface area contributed by atoms with Crippen molar-refractivity contribution in [2.45, 2.75) is 24.8 Å². The highest BCUT2D eigenvalue weighted by atomic mass is 16.5. The van der Waals surface area contributed by atoms with Gasteiger partial charge in [-0.25, -0.2) is 9.78 Å². The number of carbonyl (C=O) groups is 1. The van der Waals surface area contributed by atoms with Crippen molar-refractivity contribution < 1.29 is 14.6 Å². The largest absolute Gasteiger partial charge is 0.389 e. The molecule has 8 nitrogen and oxygen atoms in total. The van der Waals surface area contributed by atoms with Crippen molar-refractivity contribution in [1.29, 1.82) is 0 Å². The fourth-order valence-corrected chi connectivity index (χ4v) is 2.56. The first kappa shape index (κ1) is 16.4. The van der Waals surface area contributed by atoms with Crippen molar-refractivity contribution in [3.63, 3.8) is 0 Å². The average Bonchev–Trinajstić information content (AvgIpc) is 3.22. The number of H-pyrrole nitrogens is 1. The number of hydrogen-bond donors (Lipinski definition) is 5. The lowest BCUT2D eigenvalue weighted by atomic mass is 10.1. The Balaban J connectivity index is 1.40. The van der Waals surface area contributed by atoms with Gasteiger partial charge in [0, 0.05) is 24.6 Å². The van der Waals surface area contributed by atoms with Crippen LogP contribution in [0.15, 0.2) is 42.7 Å². The molecule has 1 saturated heterocycles. The summed E-state index contributed by atoms with van der Waals surface area (Å²) < 4.78 is 5.56. The van der Waals surface area contributed by atoms with Gasteiger partial charge < -0.3 is 30.8 Å². The second-order valence-corrected chi connectivity index (χ2v) is 5.59. The van der Waals surface area contributed by atoms with Crippen molar-refractivity contribution in [3.8, 4) is 0 Å². The Bertz CT molecular complexity index is 634. The minimum absolute atomic E-state index is 0.195. The van der Waals surface area contributed by atoms with Crippen LogP contribution in [0, 0.1) is 0 Å². The molecule has 128 valence electrons. The number of hydrogen-bond acceptors (Lipinski definition) is 5. The normalized spacial score (nSPS) is 23.1.